The van der Waals surface area contributed by atoms with Crippen LogP contribution in [0.2, 0.25) is 0 Å². The number of carbonyl (C=O) groups is 1. The van der Waals surface area contributed by atoms with E-state index in [4.69, 9.17) is 0 Å². The average molecular weight is 376 g/mol. The number of aromatic nitrogens is 3. The van der Waals surface area contributed by atoms with Crippen LogP contribution in [0.15, 0.2) is 53.3 Å². The van der Waals surface area contributed by atoms with E-state index in [2.05, 4.69) is 15.6 Å². The molecular formula is C18H15F3N4O2. The first-order valence-electron chi connectivity index (χ1n) is 8.13. The van der Waals surface area contributed by atoms with Gasteiger partial charge in [-0.1, -0.05) is 24.3 Å². The summed E-state index contributed by atoms with van der Waals surface area (Å²) < 4.78 is 38.8. The van der Waals surface area contributed by atoms with Crippen molar-refractivity contribution < 1.29 is 18.0 Å². The van der Waals surface area contributed by atoms with Crippen molar-refractivity contribution in [2.24, 2.45) is 0 Å². The van der Waals surface area contributed by atoms with Gasteiger partial charge in [0.05, 0.1) is 10.9 Å². The molecule has 6 nitrogen and oxygen atoms in total. The Bertz CT molecular complexity index is 1030. The maximum atomic E-state index is 12.6. The van der Waals surface area contributed by atoms with Gasteiger partial charge < -0.3 is 5.32 Å². The standard InChI is InChI=1S/C18H15F3N4O2/c1-2-15(25-17(27)13-5-3-4-6-14(13)23-24-25)16(26)22-12-9-7-11(8-10-12)18(19,20)21/h3-10,15H,2H2,1H3,(H,22,26)/t15-/m1/s1. The van der Waals surface area contributed by atoms with Crippen molar-refractivity contribution in [1.29, 1.82) is 0 Å². The molecule has 0 fully saturated rings. The molecule has 2 aromatic carbocycles. The molecule has 3 rings (SSSR count). The van der Waals surface area contributed by atoms with Crippen molar-refractivity contribution in [2.45, 2.75) is 25.6 Å². The minimum absolute atomic E-state index is 0.188. The zero-order valence-electron chi connectivity index (χ0n) is 14.2. The minimum Gasteiger partial charge on any atom is -0.324 e. The summed E-state index contributed by atoms with van der Waals surface area (Å²) in [4.78, 5) is 25.1. The summed E-state index contributed by atoms with van der Waals surface area (Å²) in [6.07, 6.45) is -4.21. The molecule has 1 aromatic heterocycles. The van der Waals surface area contributed by atoms with Gasteiger partial charge in [0.2, 0.25) is 5.91 Å². The van der Waals surface area contributed by atoms with Gasteiger partial charge in [-0.15, -0.1) is 5.10 Å². The average Bonchev–Trinajstić information content (AvgIpc) is 2.64. The summed E-state index contributed by atoms with van der Waals surface area (Å²) in [5.41, 5.74) is -0.677. The number of nitrogens with zero attached hydrogens (tertiary/aromatic N) is 3. The van der Waals surface area contributed by atoms with Gasteiger partial charge in [-0.25, -0.2) is 0 Å². The van der Waals surface area contributed by atoms with Gasteiger partial charge in [0, 0.05) is 5.69 Å². The van der Waals surface area contributed by atoms with Gasteiger partial charge in [0.25, 0.3) is 5.56 Å². The first-order valence-corrected chi connectivity index (χ1v) is 8.13. The van der Waals surface area contributed by atoms with Crippen molar-refractivity contribution in [3.05, 3.63) is 64.4 Å². The third-order valence-electron chi connectivity index (χ3n) is 4.06. The molecule has 0 saturated carbocycles. The Kier molecular flexibility index (Phi) is 4.93. The van der Waals surface area contributed by atoms with Gasteiger partial charge >= 0.3 is 6.18 Å². The third kappa shape index (κ3) is 3.81. The number of carbonyl (C=O) groups excluding carboxylic acids is 1. The fraction of sp³-hybridized carbons (Fsp3) is 0.222. The van der Waals surface area contributed by atoms with E-state index in [0.717, 1.165) is 28.9 Å². The van der Waals surface area contributed by atoms with E-state index in [-0.39, 0.29) is 12.1 Å². The molecule has 0 aliphatic rings. The number of fused-ring (bicyclic) bond motifs is 1. The number of benzene rings is 2. The second kappa shape index (κ2) is 7.18. The van der Waals surface area contributed by atoms with Crippen molar-refractivity contribution in [3.8, 4) is 0 Å². The second-order valence-corrected chi connectivity index (χ2v) is 5.84. The van der Waals surface area contributed by atoms with Crippen LogP contribution in [0, 0.1) is 0 Å². The first-order chi connectivity index (χ1) is 12.8. The number of hydrogen-bond acceptors (Lipinski definition) is 4. The first kappa shape index (κ1) is 18.6. The number of hydrogen-bond donors (Lipinski definition) is 1. The van der Waals surface area contributed by atoms with Crippen LogP contribution < -0.4 is 10.9 Å². The lowest BCUT2D eigenvalue weighted by atomic mass is 10.1. The molecule has 0 unspecified atom stereocenters. The summed E-state index contributed by atoms with van der Waals surface area (Å²) in [5.74, 6) is -0.566. The Morgan fingerprint density at radius 3 is 2.44 bits per heavy atom. The zero-order valence-corrected chi connectivity index (χ0v) is 14.2. The summed E-state index contributed by atoms with van der Waals surface area (Å²) in [6.45, 7) is 1.69. The molecule has 27 heavy (non-hydrogen) atoms. The topological polar surface area (TPSA) is 76.9 Å². The number of anilines is 1. The smallest absolute Gasteiger partial charge is 0.324 e. The van der Waals surface area contributed by atoms with Crippen LogP contribution in [0.1, 0.15) is 24.9 Å². The molecule has 0 aliphatic heterocycles. The quantitative estimate of drug-likeness (QED) is 0.757. The van der Waals surface area contributed by atoms with Gasteiger partial charge in [0.15, 0.2) is 0 Å². The van der Waals surface area contributed by atoms with E-state index >= 15 is 0 Å². The van der Waals surface area contributed by atoms with Crippen LogP contribution in [0.5, 0.6) is 0 Å². The minimum atomic E-state index is -4.46. The predicted molar refractivity (Wildman–Crippen MR) is 93.2 cm³/mol. The third-order valence-corrected chi connectivity index (χ3v) is 4.06. The highest BCUT2D eigenvalue weighted by Gasteiger charge is 2.30. The van der Waals surface area contributed by atoms with Crippen LogP contribution >= 0.6 is 0 Å². The molecule has 140 valence electrons. The predicted octanol–water partition coefficient (Wildman–Crippen LogP) is 3.40. The van der Waals surface area contributed by atoms with Gasteiger partial charge in [-0.3, -0.25) is 9.59 Å². The summed E-state index contributed by atoms with van der Waals surface area (Å²) in [7, 11) is 0. The van der Waals surface area contributed by atoms with Crippen molar-refractivity contribution in [1.82, 2.24) is 15.0 Å². The summed E-state index contributed by atoms with van der Waals surface area (Å²) in [6, 6.07) is 9.73. The lowest BCUT2D eigenvalue weighted by molar-refractivity contribution is -0.137. The maximum Gasteiger partial charge on any atom is 0.416 e. The van der Waals surface area contributed by atoms with E-state index in [0.29, 0.717) is 10.9 Å². The van der Waals surface area contributed by atoms with E-state index in [9.17, 15) is 22.8 Å². The number of halogens is 3. The normalized spacial score (nSPS) is 12.7. The van der Waals surface area contributed by atoms with Crippen LogP contribution in [0.25, 0.3) is 10.9 Å². The van der Waals surface area contributed by atoms with E-state index in [1.807, 2.05) is 0 Å². The molecule has 0 aliphatic carbocycles. The van der Waals surface area contributed by atoms with Gasteiger partial charge in [-0.2, -0.15) is 17.9 Å². The number of nitrogens with one attached hydrogen (secondary N) is 1. The monoisotopic (exact) mass is 376 g/mol. The van der Waals surface area contributed by atoms with Crippen LogP contribution in [0.4, 0.5) is 18.9 Å². The molecule has 0 radical (unpaired) electrons. The van der Waals surface area contributed by atoms with Crippen molar-refractivity contribution in [2.75, 3.05) is 5.32 Å². The number of alkyl halides is 3. The van der Waals surface area contributed by atoms with Crippen molar-refractivity contribution >= 4 is 22.5 Å². The fourth-order valence-electron chi connectivity index (χ4n) is 2.64. The molecule has 9 heteroatoms. The molecule has 0 bridgehead atoms. The Labute approximate surface area is 151 Å². The molecule has 0 spiro atoms. The second-order valence-electron chi connectivity index (χ2n) is 5.84. The zero-order chi connectivity index (χ0) is 19.6. The summed E-state index contributed by atoms with van der Waals surface area (Å²) in [5, 5.41) is 10.6. The molecule has 1 amide bonds. The van der Waals surface area contributed by atoms with E-state index < -0.39 is 29.2 Å². The largest absolute Gasteiger partial charge is 0.416 e. The Balaban J connectivity index is 1.87. The van der Waals surface area contributed by atoms with Gasteiger partial charge in [0.1, 0.15) is 11.6 Å². The molecule has 3 aromatic rings. The van der Waals surface area contributed by atoms with Crippen molar-refractivity contribution in [3.63, 3.8) is 0 Å². The molecule has 1 atom stereocenters. The Morgan fingerprint density at radius 1 is 1.15 bits per heavy atom. The highest BCUT2D eigenvalue weighted by Crippen LogP contribution is 2.30. The molecular weight excluding hydrogens is 361 g/mol. The maximum absolute atomic E-state index is 12.6. The van der Waals surface area contributed by atoms with Gasteiger partial charge in [-0.05, 0) is 42.8 Å². The van der Waals surface area contributed by atoms with E-state index in [1.54, 1.807) is 31.2 Å². The molecule has 1 heterocycles. The molecule has 0 saturated heterocycles. The summed E-state index contributed by atoms with van der Waals surface area (Å²) >= 11 is 0. The Hall–Kier alpha value is -3.23. The highest BCUT2D eigenvalue weighted by atomic mass is 19.4. The van der Waals surface area contributed by atoms with Crippen LogP contribution in [0.3, 0.4) is 0 Å². The van der Waals surface area contributed by atoms with E-state index in [1.165, 1.54) is 0 Å². The number of rotatable bonds is 4. The SMILES string of the molecule is CC[C@H](C(=O)Nc1ccc(C(F)(F)F)cc1)n1nnc2ccccc2c1=O. The van der Waals surface area contributed by atoms with Crippen LogP contribution in [-0.2, 0) is 11.0 Å². The fourth-order valence-corrected chi connectivity index (χ4v) is 2.64. The lowest BCUT2D eigenvalue weighted by Gasteiger charge is -2.16. The Morgan fingerprint density at radius 2 is 1.81 bits per heavy atom. The number of amides is 1. The lowest BCUT2D eigenvalue weighted by Crippen LogP contribution is -2.35. The van der Waals surface area contributed by atoms with Crippen LogP contribution in [-0.4, -0.2) is 20.9 Å². The molecule has 1 N–H and O–H groups in total. The highest BCUT2D eigenvalue weighted by molar-refractivity contribution is 5.93.